The second-order valence-corrected chi connectivity index (χ2v) is 4.60. The molecule has 0 saturated carbocycles. The van der Waals surface area contributed by atoms with Gasteiger partial charge in [0.15, 0.2) is 5.78 Å². The molecule has 0 bridgehead atoms. The van der Waals surface area contributed by atoms with E-state index in [1.54, 1.807) is 36.4 Å². The lowest BCUT2D eigenvalue weighted by Gasteiger charge is -2.20. The number of hydrogen-bond donors (Lipinski definition) is 1. The van der Waals surface area contributed by atoms with Crippen LogP contribution in [0.2, 0.25) is 0 Å². The number of benzene rings is 2. The molecule has 2 rings (SSSR count). The Balaban J connectivity index is 2.28. The summed E-state index contributed by atoms with van der Waals surface area (Å²) in [4.78, 5) is 12.5. The number of hydrogen-bond acceptors (Lipinski definition) is 2. The maximum atomic E-state index is 12.5. The van der Waals surface area contributed by atoms with Crippen molar-refractivity contribution in [2.24, 2.45) is 5.92 Å². The maximum absolute atomic E-state index is 12.5. The van der Waals surface area contributed by atoms with Crippen LogP contribution in [0.15, 0.2) is 60.7 Å². The van der Waals surface area contributed by atoms with E-state index in [2.05, 4.69) is 5.92 Å². The van der Waals surface area contributed by atoms with Gasteiger partial charge >= 0.3 is 0 Å². The van der Waals surface area contributed by atoms with E-state index in [1.165, 1.54) is 0 Å². The maximum Gasteiger partial charge on any atom is 0.169 e. The van der Waals surface area contributed by atoms with Gasteiger partial charge in [-0.15, -0.1) is 12.3 Å². The zero-order valence-corrected chi connectivity index (χ0v) is 11.1. The van der Waals surface area contributed by atoms with Gasteiger partial charge in [-0.1, -0.05) is 60.7 Å². The Morgan fingerprint density at radius 3 is 2.15 bits per heavy atom. The van der Waals surface area contributed by atoms with Crippen molar-refractivity contribution in [3.05, 3.63) is 71.8 Å². The molecule has 0 heterocycles. The van der Waals surface area contributed by atoms with Gasteiger partial charge in [0.05, 0.1) is 12.0 Å². The van der Waals surface area contributed by atoms with Crippen LogP contribution >= 0.6 is 0 Å². The number of Topliss-reactive ketones (excluding diaryl/α,β-unsaturated/α-hetero) is 1. The molecule has 0 fully saturated rings. The normalized spacial score (nSPS) is 13.2. The van der Waals surface area contributed by atoms with Crippen molar-refractivity contribution in [3.8, 4) is 12.3 Å². The zero-order valence-electron chi connectivity index (χ0n) is 11.1. The molecule has 1 N–H and O–H groups in total. The molecule has 2 atom stereocenters. The van der Waals surface area contributed by atoms with Crippen LogP contribution in [0.25, 0.3) is 0 Å². The van der Waals surface area contributed by atoms with Crippen molar-refractivity contribution in [1.82, 2.24) is 0 Å². The third-order valence-corrected chi connectivity index (χ3v) is 3.26. The minimum Gasteiger partial charge on any atom is -0.388 e. The minimum absolute atomic E-state index is 0.125. The highest BCUT2D eigenvalue weighted by Crippen LogP contribution is 2.27. The minimum atomic E-state index is -0.889. The van der Waals surface area contributed by atoms with Gasteiger partial charge in [-0.2, -0.15) is 0 Å². The lowest BCUT2D eigenvalue weighted by molar-refractivity contribution is 0.0686. The van der Waals surface area contributed by atoms with E-state index >= 15 is 0 Å². The Labute approximate surface area is 119 Å². The first kappa shape index (κ1) is 14.0. The molecule has 0 radical (unpaired) electrons. The molecule has 0 aliphatic heterocycles. The predicted octanol–water partition coefficient (Wildman–Crippen LogP) is 3.24. The van der Waals surface area contributed by atoms with Gasteiger partial charge in [0, 0.05) is 12.0 Å². The first-order valence-corrected chi connectivity index (χ1v) is 6.49. The van der Waals surface area contributed by atoms with Crippen molar-refractivity contribution >= 4 is 5.78 Å². The summed E-state index contributed by atoms with van der Waals surface area (Å²) in [5, 5.41) is 10.4. The highest BCUT2D eigenvalue weighted by Gasteiger charge is 2.27. The van der Waals surface area contributed by atoms with Crippen LogP contribution in [-0.2, 0) is 0 Å². The van der Waals surface area contributed by atoms with E-state index in [-0.39, 0.29) is 12.2 Å². The molecule has 0 aromatic heterocycles. The monoisotopic (exact) mass is 264 g/mol. The number of rotatable bonds is 5. The van der Waals surface area contributed by atoms with Crippen molar-refractivity contribution in [2.45, 2.75) is 12.5 Å². The molecule has 2 nitrogen and oxygen atoms in total. The van der Waals surface area contributed by atoms with Crippen molar-refractivity contribution in [2.75, 3.05) is 0 Å². The molecule has 2 unspecified atom stereocenters. The molecular weight excluding hydrogens is 248 g/mol. The van der Waals surface area contributed by atoms with E-state index in [0.29, 0.717) is 11.1 Å². The summed E-state index contributed by atoms with van der Waals surface area (Å²) in [6, 6.07) is 18.1. The summed E-state index contributed by atoms with van der Waals surface area (Å²) >= 11 is 0. The topological polar surface area (TPSA) is 37.3 Å². The van der Waals surface area contributed by atoms with E-state index < -0.39 is 12.0 Å². The largest absolute Gasteiger partial charge is 0.388 e. The number of aliphatic hydroxyl groups is 1. The quantitative estimate of drug-likeness (QED) is 0.665. The fourth-order valence-corrected chi connectivity index (χ4v) is 2.17. The van der Waals surface area contributed by atoms with E-state index in [0.717, 1.165) is 0 Å². The SMILES string of the molecule is C#CCC(C(=O)c1ccccc1)C(O)c1ccccc1. The molecule has 2 aromatic carbocycles. The van der Waals surface area contributed by atoms with E-state index in [4.69, 9.17) is 6.42 Å². The molecule has 2 aromatic rings. The summed E-state index contributed by atoms with van der Waals surface area (Å²) in [6.45, 7) is 0. The highest BCUT2D eigenvalue weighted by molar-refractivity contribution is 5.98. The Bertz CT molecular complexity index is 596. The smallest absolute Gasteiger partial charge is 0.169 e. The molecule has 100 valence electrons. The first-order chi connectivity index (χ1) is 9.74. The Morgan fingerprint density at radius 1 is 1.05 bits per heavy atom. The Kier molecular flexibility index (Phi) is 4.70. The molecule has 0 amide bonds. The lowest BCUT2D eigenvalue weighted by atomic mass is 9.86. The van der Waals surface area contributed by atoms with Crippen LogP contribution in [0, 0.1) is 18.3 Å². The van der Waals surface area contributed by atoms with Crippen LogP contribution in [0.5, 0.6) is 0 Å². The lowest BCUT2D eigenvalue weighted by Crippen LogP contribution is -2.22. The first-order valence-electron chi connectivity index (χ1n) is 6.49. The number of carbonyl (C=O) groups excluding carboxylic acids is 1. The second kappa shape index (κ2) is 6.70. The Hall–Kier alpha value is -2.37. The van der Waals surface area contributed by atoms with Crippen molar-refractivity contribution in [3.63, 3.8) is 0 Å². The molecule has 20 heavy (non-hydrogen) atoms. The fraction of sp³-hybridized carbons (Fsp3) is 0.167. The molecule has 0 aliphatic rings. The van der Waals surface area contributed by atoms with E-state index in [1.807, 2.05) is 24.3 Å². The zero-order chi connectivity index (χ0) is 14.4. The molecule has 0 saturated heterocycles. The predicted molar refractivity (Wildman–Crippen MR) is 79.1 cm³/mol. The average molecular weight is 264 g/mol. The summed E-state index contributed by atoms with van der Waals surface area (Å²) in [5.74, 6) is 1.74. The summed E-state index contributed by atoms with van der Waals surface area (Å²) in [6.07, 6.45) is 4.67. The molecule has 0 aliphatic carbocycles. The molecule has 2 heteroatoms. The summed E-state index contributed by atoms with van der Waals surface area (Å²) in [7, 11) is 0. The van der Waals surface area contributed by atoms with Crippen molar-refractivity contribution in [1.29, 1.82) is 0 Å². The van der Waals surface area contributed by atoms with Crippen LogP contribution in [0.3, 0.4) is 0 Å². The Morgan fingerprint density at radius 2 is 1.60 bits per heavy atom. The highest BCUT2D eigenvalue weighted by atomic mass is 16.3. The van der Waals surface area contributed by atoms with Gasteiger partial charge in [-0.25, -0.2) is 0 Å². The van der Waals surface area contributed by atoms with Crippen LogP contribution in [-0.4, -0.2) is 10.9 Å². The number of carbonyl (C=O) groups is 1. The molecule has 0 spiro atoms. The van der Waals surface area contributed by atoms with Crippen molar-refractivity contribution < 1.29 is 9.90 Å². The van der Waals surface area contributed by atoms with Gasteiger partial charge in [0.2, 0.25) is 0 Å². The third-order valence-electron chi connectivity index (χ3n) is 3.26. The second-order valence-electron chi connectivity index (χ2n) is 4.60. The number of ketones is 1. The van der Waals surface area contributed by atoms with Crippen LogP contribution < -0.4 is 0 Å². The number of aliphatic hydroxyl groups excluding tert-OH is 1. The van der Waals surface area contributed by atoms with E-state index in [9.17, 15) is 9.90 Å². The fourth-order valence-electron chi connectivity index (χ4n) is 2.17. The van der Waals surface area contributed by atoms with Gasteiger partial charge in [-0.3, -0.25) is 4.79 Å². The third kappa shape index (κ3) is 3.14. The van der Waals surface area contributed by atoms with Gasteiger partial charge in [0.25, 0.3) is 0 Å². The van der Waals surface area contributed by atoms with Gasteiger partial charge < -0.3 is 5.11 Å². The number of terminal acetylenes is 1. The summed E-state index contributed by atoms with van der Waals surface area (Å²) in [5.41, 5.74) is 1.28. The van der Waals surface area contributed by atoms with Crippen LogP contribution in [0.1, 0.15) is 28.4 Å². The van der Waals surface area contributed by atoms with Crippen LogP contribution in [0.4, 0.5) is 0 Å². The average Bonchev–Trinajstić information content (AvgIpc) is 2.53. The molecular formula is C18H16O2. The van der Waals surface area contributed by atoms with Gasteiger partial charge in [0.1, 0.15) is 0 Å². The summed E-state index contributed by atoms with van der Waals surface area (Å²) < 4.78 is 0. The standard InChI is InChI=1S/C18H16O2/c1-2-9-16(17(19)14-10-5-3-6-11-14)18(20)15-12-7-4-8-13-15/h1,3-8,10-13,16-17,19H,9H2. The van der Waals surface area contributed by atoms with Gasteiger partial charge in [-0.05, 0) is 5.56 Å².